The SMILES string of the molecule is Cc1ccc(NC(=O)Nc2c(C)nn(Cc3ccccc3C)c2C)cc1. The summed E-state index contributed by atoms with van der Waals surface area (Å²) in [7, 11) is 0. The van der Waals surface area contributed by atoms with E-state index >= 15 is 0 Å². The second kappa shape index (κ2) is 7.44. The molecule has 5 heteroatoms. The molecular weight excluding hydrogens is 324 g/mol. The summed E-state index contributed by atoms with van der Waals surface area (Å²) in [6.45, 7) is 8.66. The van der Waals surface area contributed by atoms with Gasteiger partial charge in [-0.15, -0.1) is 0 Å². The molecule has 0 radical (unpaired) electrons. The molecule has 2 amide bonds. The zero-order chi connectivity index (χ0) is 18.7. The second-order valence-corrected chi connectivity index (χ2v) is 6.58. The van der Waals surface area contributed by atoms with Crippen molar-refractivity contribution >= 4 is 17.4 Å². The molecule has 3 rings (SSSR count). The largest absolute Gasteiger partial charge is 0.323 e. The third-order valence-electron chi connectivity index (χ3n) is 4.51. The molecule has 0 atom stereocenters. The van der Waals surface area contributed by atoms with Crippen LogP contribution in [0.2, 0.25) is 0 Å². The highest BCUT2D eigenvalue weighted by Crippen LogP contribution is 2.21. The van der Waals surface area contributed by atoms with Gasteiger partial charge in [-0.2, -0.15) is 5.10 Å². The quantitative estimate of drug-likeness (QED) is 0.711. The number of amides is 2. The van der Waals surface area contributed by atoms with E-state index in [2.05, 4.69) is 34.8 Å². The predicted octanol–water partition coefficient (Wildman–Crippen LogP) is 4.81. The lowest BCUT2D eigenvalue weighted by Crippen LogP contribution is -2.20. The molecule has 0 spiro atoms. The van der Waals surface area contributed by atoms with Crippen LogP contribution in [-0.4, -0.2) is 15.8 Å². The Bertz CT molecular complexity index is 926. The molecule has 3 aromatic rings. The Hall–Kier alpha value is -3.08. The number of nitrogens with one attached hydrogen (secondary N) is 2. The number of urea groups is 1. The molecule has 2 aromatic carbocycles. The monoisotopic (exact) mass is 348 g/mol. The zero-order valence-corrected chi connectivity index (χ0v) is 15.6. The van der Waals surface area contributed by atoms with Gasteiger partial charge in [0.25, 0.3) is 0 Å². The summed E-state index contributed by atoms with van der Waals surface area (Å²) in [5, 5.41) is 10.4. The fourth-order valence-electron chi connectivity index (χ4n) is 2.89. The molecule has 0 aliphatic heterocycles. The van der Waals surface area contributed by atoms with E-state index in [0.29, 0.717) is 6.54 Å². The maximum absolute atomic E-state index is 12.3. The van der Waals surface area contributed by atoms with Crippen LogP contribution in [0.15, 0.2) is 48.5 Å². The van der Waals surface area contributed by atoms with Crippen LogP contribution in [0.1, 0.15) is 28.1 Å². The topological polar surface area (TPSA) is 59.0 Å². The van der Waals surface area contributed by atoms with Crippen LogP contribution in [-0.2, 0) is 6.54 Å². The van der Waals surface area contributed by atoms with E-state index in [4.69, 9.17) is 0 Å². The molecule has 0 unspecified atom stereocenters. The summed E-state index contributed by atoms with van der Waals surface area (Å²) in [5.74, 6) is 0. The molecule has 0 bridgehead atoms. The fraction of sp³-hybridized carbons (Fsp3) is 0.238. The van der Waals surface area contributed by atoms with E-state index in [9.17, 15) is 4.79 Å². The van der Waals surface area contributed by atoms with Crippen LogP contribution >= 0.6 is 0 Å². The zero-order valence-electron chi connectivity index (χ0n) is 15.6. The van der Waals surface area contributed by atoms with Gasteiger partial charge in [-0.25, -0.2) is 4.79 Å². The van der Waals surface area contributed by atoms with Crippen LogP contribution in [0.4, 0.5) is 16.2 Å². The van der Waals surface area contributed by atoms with Crippen molar-refractivity contribution in [2.75, 3.05) is 10.6 Å². The van der Waals surface area contributed by atoms with Gasteiger partial charge in [0, 0.05) is 5.69 Å². The minimum absolute atomic E-state index is 0.268. The van der Waals surface area contributed by atoms with E-state index < -0.39 is 0 Å². The summed E-state index contributed by atoms with van der Waals surface area (Å²) in [6, 6.07) is 15.7. The highest BCUT2D eigenvalue weighted by Gasteiger charge is 2.15. The Morgan fingerprint density at radius 2 is 1.65 bits per heavy atom. The molecule has 5 nitrogen and oxygen atoms in total. The Morgan fingerprint density at radius 1 is 0.962 bits per heavy atom. The van der Waals surface area contributed by atoms with Gasteiger partial charge in [-0.3, -0.25) is 4.68 Å². The third-order valence-corrected chi connectivity index (χ3v) is 4.51. The second-order valence-electron chi connectivity index (χ2n) is 6.58. The summed E-state index contributed by atoms with van der Waals surface area (Å²) in [5.41, 5.74) is 6.85. The summed E-state index contributed by atoms with van der Waals surface area (Å²) in [4.78, 5) is 12.3. The van der Waals surface area contributed by atoms with Crippen molar-refractivity contribution in [2.45, 2.75) is 34.2 Å². The first kappa shape index (κ1) is 17.7. The Balaban J connectivity index is 1.74. The van der Waals surface area contributed by atoms with Gasteiger partial charge in [0.05, 0.1) is 23.6 Å². The van der Waals surface area contributed by atoms with Gasteiger partial charge in [0.15, 0.2) is 0 Å². The summed E-state index contributed by atoms with van der Waals surface area (Å²) in [6.07, 6.45) is 0. The van der Waals surface area contributed by atoms with Gasteiger partial charge in [-0.05, 0) is 51.0 Å². The van der Waals surface area contributed by atoms with Gasteiger partial charge < -0.3 is 10.6 Å². The number of hydrogen-bond donors (Lipinski definition) is 2. The molecule has 0 aliphatic rings. The first-order valence-electron chi connectivity index (χ1n) is 8.67. The third kappa shape index (κ3) is 3.94. The Labute approximate surface area is 154 Å². The van der Waals surface area contributed by atoms with Crippen molar-refractivity contribution in [1.82, 2.24) is 9.78 Å². The van der Waals surface area contributed by atoms with E-state index in [1.165, 1.54) is 11.1 Å². The lowest BCUT2D eigenvalue weighted by molar-refractivity contribution is 0.262. The standard InChI is InChI=1S/C21H24N4O/c1-14-9-11-19(12-10-14)22-21(26)23-20-16(3)24-25(17(20)4)13-18-8-6-5-7-15(18)2/h5-12H,13H2,1-4H3,(H2,22,23,26). The first-order chi connectivity index (χ1) is 12.4. The molecule has 0 saturated carbocycles. The highest BCUT2D eigenvalue weighted by molar-refractivity contribution is 6.00. The Morgan fingerprint density at radius 3 is 2.35 bits per heavy atom. The van der Waals surface area contributed by atoms with Crippen molar-refractivity contribution < 1.29 is 4.79 Å². The molecule has 0 saturated heterocycles. The van der Waals surface area contributed by atoms with Crippen LogP contribution in [0.25, 0.3) is 0 Å². The normalized spacial score (nSPS) is 10.6. The number of carbonyl (C=O) groups excluding carboxylic acids is 1. The maximum atomic E-state index is 12.3. The van der Waals surface area contributed by atoms with Crippen LogP contribution in [0.3, 0.4) is 0 Å². The van der Waals surface area contributed by atoms with Crippen molar-refractivity contribution in [3.05, 3.63) is 76.6 Å². The van der Waals surface area contributed by atoms with Crippen molar-refractivity contribution in [3.63, 3.8) is 0 Å². The lowest BCUT2D eigenvalue weighted by Gasteiger charge is -2.10. The van der Waals surface area contributed by atoms with Gasteiger partial charge in [0.2, 0.25) is 0 Å². The number of carbonyl (C=O) groups is 1. The van der Waals surface area contributed by atoms with E-state index in [1.54, 1.807) is 0 Å². The van der Waals surface area contributed by atoms with Crippen LogP contribution in [0.5, 0.6) is 0 Å². The van der Waals surface area contributed by atoms with E-state index in [1.807, 2.05) is 61.9 Å². The number of benzene rings is 2. The number of anilines is 2. The van der Waals surface area contributed by atoms with E-state index in [-0.39, 0.29) is 6.03 Å². The number of rotatable bonds is 4. The van der Waals surface area contributed by atoms with Gasteiger partial charge in [0.1, 0.15) is 0 Å². The Kier molecular flexibility index (Phi) is 5.07. The van der Waals surface area contributed by atoms with Crippen LogP contribution in [0, 0.1) is 27.7 Å². The lowest BCUT2D eigenvalue weighted by atomic mass is 10.1. The minimum Gasteiger partial charge on any atom is -0.308 e. The van der Waals surface area contributed by atoms with Crippen molar-refractivity contribution in [3.8, 4) is 0 Å². The first-order valence-corrected chi connectivity index (χ1v) is 8.67. The maximum Gasteiger partial charge on any atom is 0.323 e. The fourth-order valence-corrected chi connectivity index (χ4v) is 2.89. The summed E-state index contributed by atoms with van der Waals surface area (Å²) < 4.78 is 1.93. The molecule has 1 heterocycles. The molecule has 26 heavy (non-hydrogen) atoms. The summed E-state index contributed by atoms with van der Waals surface area (Å²) >= 11 is 0. The molecule has 2 N–H and O–H groups in total. The van der Waals surface area contributed by atoms with Crippen molar-refractivity contribution in [1.29, 1.82) is 0 Å². The number of aromatic nitrogens is 2. The average molecular weight is 348 g/mol. The van der Waals surface area contributed by atoms with E-state index in [0.717, 1.165) is 28.3 Å². The van der Waals surface area contributed by atoms with Crippen molar-refractivity contribution in [2.24, 2.45) is 0 Å². The van der Waals surface area contributed by atoms with Crippen LogP contribution < -0.4 is 10.6 Å². The molecule has 134 valence electrons. The number of hydrogen-bond acceptors (Lipinski definition) is 2. The minimum atomic E-state index is -0.268. The number of aryl methyl sites for hydroxylation is 3. The molecule has 0 aliphatic carbocycles. The molecule has 0 fully saturated rings. The van der Waals surface area contributed by atoms with Gasteiger partial charge in [-0.1, -0.05) is 42.0 Å². The number of nitrogens with zero attached hydrogens (tertiary/aromatic N) is 2. The molecular formula is C21H24N4O. The average Bonchev–Trinajstić information content (AvgIpc) is 2.86. The smallest absolute Gasteiger partial charge is 0.308 e. The van der Waals surface area contributed by atoms with Gasteiger partial charge >= 0.3 is 6.03 Å². The highest BCUT2D eigenvalue weighted by atomic mass is 16.2. The predicted molar refractivity (Wildman–Crippen MR) is 106 cm³/mol. The molecule has 1 aromatic heterocycles.